The number of aromatic nitrogens is 3. The van der Waals surface area contributed by atoms with E-state index in [1.807, 2.05) is 24.3 Å². The molecule has 0 saturated heterocycles. The van der Waals surface area contributed by atoms with Crippen LogP contribution < -0.4 is 9.47 Å². The normalized spacial score (nSPS) is 10.9. The average molecular weight is 438 g/mol. The van der Waals surface area contributed by atoms with Gasteiger partial charge in [0.2, 0.25) is 0 Å². The summed E-state index contributed by atoms with van der Waals surface area (Å²) in [5.74, 6) is 0.460. The van der Waals surface area contributed by atoms with Crippen molar-refractivity contribution in [3.05, 3.63) is 77.3 Å². The number of carboxylic acid groups (broad SMARTS) is 1. The van der Waals surface area contributed by atoms with Crippen LogP contribution in [-0.2, 0) is 11.2 Å². The molecule has 0 spiro atoms. The molecule has 0 saturated carbocycles. The van der Waals surface area contributed by atoms with E-state index in [4.69, 9.17) is 26.2 Å². The molecule has 7 nitrogen and oxygen atoms in total. The van der Waals surface area contributed by atoms with E-state index in [0.29, 0.717) is 41.8 Å². The Morgan fingerprint density at radius 1 is 0.935 bits per heavy atom. The van der Waals surface area contributed by atoms with Crippen LogP contribution in [0.2, 0.25) is 5.02 Å². The SMILES string of the molecule is O=C(O)Cc1ccc(OCCCOc2ccc(Cl)cc2-n2nc3ccccc3n2)cc1. The third-order valence-electron chi connectivity index (χ3n) is 4.52. The van der Waals surface area contributed by atoms with Crippen LogP contribution in [0, 0.1) is 0 Å². The zero-order chi connectivity index (χ0) is 21.6. The van der Waals surface area contributed by atoms with Gasteiger partial charge in [-0.2, -0.15) is 0 Å². The predicted molar refractivity (Wildman–Crippen MR) is 117 cm³/mol. The van der Waals surface area contributed by atoms with Crippen molar-refractivity contribution >= 4 is 28.6 Å². The molecule has 8 heteroatoms. The van der Waals surface area contributed by atoms with Crippen LogP contribution in [0.25, 0.3) is 16.7 Å². The summed E-state index contributed by atoms with van der Waals surface area (Å²) in [6.07, 6.45) is 0.658. The van der Waals surface area contributed by atoms with Gasteiger partial charge < -0.3 is 14.6 Å². The quantitative estimate of drug-likeness (QED) is 0.386. The standard InChI is InChI=1S/C23H20ClN3O4/c24-17-8-11-22(21(15-17)27-25-19-4-1-2-5-20(19)26-27)31-13-3-12-30-18-9-6-16(7-10-18)14-23(28)29/h1-2,4-11,15H,3,12-14H2,(H,28,29). The highest BCUT2D eigenvalue weighted by molar-refractivity contribution is 6.30. The Kier molecular flexibility index (Phi) is 6.33. The van der Waals surface area contributed by atoms with Gasteiger partial charge in [-0.3, -0.25) is 4.79 Å². The minimum atomic E-state index is -0.856. The smallest absolute Gasteiger partial charge is 0.307 e. The molecule has 0 amide bonds. The van der Waals surface area contributed by atoms with Crippen molar-refractivity contribution in [3.63, 3.8) is 0 Å². The fraction of sp³-hybridized carbons (Fsp3) is 0.174. The number of nitrogens with zero attached hydrogens (tertiary/aromatic N) is 3. The highest BCUT2D eigenvalue weighted by Gasteiger charge is 2.11. The number of aliphatic carboxylic acids is 1. The molecule has 0 radical (unpaired) electrons. The summed E-state index contributed by atoms with van der Waals surface area (Å²) in [6.45, 7) is 0.900. The van der Waals surface area contributed by atoms with Gasteiger partial charge in [0.15, 0.2) is 0 Å². The molecule has 0 fully saturated rings. The lowest BCUT2D eigenvalue weighted by atomic mass is 10.1. The minimum Gasteiger partial charge on any atom is -0.493 e. The summed E-state index contributed by atoms with van der Waals surface area (Å²) in [5, 5.41) is 18.4. The number of benzene rings is 3. The van der Waals surface area contributed by atoms with Gasteiger partial charge in [0.25, 0.3) is 0 Å². The number of rotatable bonds is 9. The second-order valence-electron chi connectivity index (χ2n) is 6.86. The molecule has 1 aromatic heterocycles. The van der Waals surface area contributed by atoms with Crippen molar-refractivity contribution in [1.29, 1.82) is 0 Å². The van der Waals surface area contributed by atoms with Crippen molar-refractivity contribution in [2.45, 2.75) is 12.8 Å². The zero-order valence-corrected chi connectivity index (χ0v) is 17.3. The van der Waals surface area contributed by atoms with E-state index < -0.39 is 5.97 Å². The van der Waals surface area contributed by atoms with Gasteiger partial charge in [0.1, 0.15) is 28.2 Å². The van der Waals surface area contributed by atoms with Crippen LogP contribution in [0.15, 0.2) is 66.7 Å². The molecule has 4 aromatic rings. The van der Waals surface area contributed by atoms with Crippen LogP contribution in [0.1, 0.15) is 12.0 Å². The van der Waals surface area contributed by atoms with E-state index in [-0.39, 0.29) is 6.42 Å². The fourth-order valence-electron chi connectivity index (χ4n) is 3.05. The number of hydrogen-bond donors (Lipinski definition) is 1. The number of halogens is 1. The fourth-order valence-corrected chi connectivity index (χ4v) is 3.21. The van der Waals surface area contributed by atoms with E-state index in [2.05, 4.69) is 10.2 Å². The largest absolute Gasteiger partial charge is 0.493 e. The molecule has 0 aliphatic rings. The number of hydrogen-bond acceptors (Lipinski definition) is 5. The van der Waals surface area contributed by atoms with E-state index in [1.165, 1.54) is 4.80 Å². The van der Waals surface area contributed by atoms with Crippen LogP contribution in [-0.4, -0.2) is 39.3 Å². The maximum Gasteiger partial charge on any atom is 0.307 e. The molecule has 0 aliphatic heterocycles. The van der Waals surface area contributed by atoms with Crippen molar-refractivity contribution in [1.82, 2.24) is 15.0 Å². The third kappa shape index (κ3) is 5.32. The Hall–Kier alpha value is -3.58. The summed E-state index contributed by atoms with van der Waals surface area (Å²) in [7, 11) is 0. The Morgan fingerprint density at radius 2 is 1.61 bits per heavy atom. The molecule has 4 rings (SSSR count). The molecule has 31 heavy (non-hydrogen) atoms. The highest BCUT2D eigenvalue weighted by Crippen LogP contribution is 2.27. The number of ether oxygens (including phenoxy) is 2. The predicted octanol–water partition coefficient (Wildman–Crippen LogP) is 4.55. The monoisotopic (exact) mass is 437 g/mol. The van der Waals surface area contributed by atoms with E-state index >= 15 is 0 Å². The molecule has 0 bridgehead atoms. The first kappa shape index (κ1) is 20.7. The lowest BCUT2D eigenvalue weighted by Gasteiger charge is -2.12. The molecule has 3 aromatic carbocycles. The molecule has 0 unspecified atom stereocenters. The van der Waals surface area contributed by atoms with Crippen molar-refractivity contribution in [2.24, 2.45) is 0 Å². The summed E-state index contributed by atoms with van der Waals surface area (Å²) >= 11 is 6.18. The maximum absolute atomic E-state index is 10.7. The van der Waals surface area contributed by atoms with Gasteiger partial charge >= 0.3 is 5.97 Å². The highest BCUT2D eigenvalue weighted by atomic mass is 35.5. The van der Waals surface area contributed by atoms with Gasteiger partial charge in [-0.1, -0.05) is 35.9 Å². The number of fused-ring (bicyclic) bond motifs is 1. The third-order valence-corrected chi connectivity index (χ3v) is 4.75. The van der Waals surface area contributed by atoms with Crippen LogP contribution >= 0.6 is 11.6 Å². The zero-order valence-electron chi connectivity index (χ0n) is 16.6. The number of carbonyl (C=O) groups is 1. The topological polar surface area (TPSA) is 86.5 Å². The van der Waals surface area contributed by atoms with Crippen LogP contribution in [0.3, 0.4) is 0 Å². The lowest BCUT2D eigenvalue weighted by Crippen LogP contribution is -2.08. The van der Waals surface area contributed by atoms with Gasteiger partial charge in [0, 0.05) is 11.4 Å². The summed E-state index contributed by atoms with van der Waals surface area (Å²) in [6, 6.07) is 20.0. The van der Waals surface area contributed by atoms with E-state index in [9.17, 15) is 4.79 Å². The van der Waals surface area contributed by atoms with Gasteiger partial charge in [-0.05, 0) is 48.0 Å². The number of carboxylic acids is 1. The first-order chi connectivity index (χ1) is 15.1. The minimum absolute atomic E-state index is 0.00177. The second kappa shape index (κ2) is 9.49. The van der Waals surface area contributed by atoms with Gasteiger partial charge in [-0.25, -0.2) is 0 Å². The maximum atomic E-state index is 10.7. The molecule has 0 aliphatic carbocycles. The van der Waals surface area contributed by atoms with Crippen LogP contribution in [0.4, 0.5) is 0 Å². The Balaban J connectivity index is 1.34. The van der Waals surface area contributed by atoms with Gasteiger partial charge in [0.05, 0.1) is 19.6 Å². The first-order valence-corrected chi connectivity index (χ1v) is 10.1. The average Bonchev–Trinajstić information content (AvgIpc) is 3.19. The Bertz CT molecular complexity index is 1160. The first-order valence-electron chi connectivity index (χ1n) is 9.77. The van der Waals surface area contributed by atoms with Crippen LogP contribution in [0.5, 0.6) is 11.5 Å². The molecule has 158 valence electrons. The molecular weight excluding hydrogens is 418 g/mol. The summed E-state index contributed by atoms with van der Waals surface area (Å²) < 4.78 is 11.6. The van der Waals surface area contributed by atoms with Crippen molar-refractivity contribution < 1.29 is 19.4 Å². The molecule has 1 heterocycles. The van der Waals surface area contributed by atoms with Crippen molar-refractivity contribution in [2.75, 3.05) is 13.2 Å². The van der Waals surface area contributed by atoms with Gasteiger partial charge in [-0.15, -0.1) is 15.0 Å². The molecule has 0 atom stereocenters. The van der Waals surface area contributed by atoms with E-state index in [1.54, 1.807) is 42.5 Å². The Morgan fingerprint density at radius 3 is 2.29 bits per heavy atom. The Labute approximate surface area is 183 Å². The van der Waals surface area contributed by atoms with E-state index in [0.717, 1.165) is 16.6 Å². The molecule has 1 N–H and O–H groups in total. The second-order valence-corrected chi connectivity index (χ2v) is 7.29. The molecular formula is C23H20ClN3O4. The lowest BCUT2D eigenvalue weighted by molar-refractivity contribution is -0.136. The van der Waals surface area contributed by atoms with Crippen molar-refractivity contribution in [3.8, 4) is 17.2 Å². The summed E-state index contributed by atoms with van der Waals surface area (Å²) in [5.41, 5.74) is 2.98. The summed E-state index contributed by atoms with van der Waals surface area (Å²) in [4.78, 5) is 12.3.